The van der Waals surface area contributed by atoms with Crippen LogP contribution in [-0.4, -0.2) is 36.2 Å². The summed E-state index contributed by atoms with van der Waals surface area (Å²) in [5, 5.41) is 7.23. The Kier molecular flexibility index (Phi) is 5.25. The van der Waals surface area contributed by atoms with E-state index in [0.29, 0.717) is 6.04 Å². The first kappa shape index (κ1) is 13.5. The highest BCUT2D eigenvalue weighted by Crippen LogP contribution is 2.13. The van der Waals surface area contributed by atoms with Crippen LogP contribution < -0.4 is 5.32 Å². The molecule has 1 aliphatic heterocycles. The van der Waals surface area contributed by atoms with Crippen molar-refractivity contribution in [3.05, 3.63) is 17.5 Å². The number of nitrogens with one attached hydrogen (secondary N) is 1. The molecule has 0 bridgehead atoms. The van der Waals surface area contributed by atoms with E-state index in [1.54, 1.807) is 0 Å². The number of piperidine rings is 1. The van der Waals surface area contributed by atoms with Crippen LogP contribution in [0.4, 0.5) is 0 Å². The van der Waals surface area contributed by atoms with Gasteiger partial charge in [-0.15, -0.1) is 12.4 Å². The molecule has 0 spiro atoms. The van der Waals surface area contributed by atoms with E-state index < -0.39 is 0 Å². The molecule has 2 rings (SSSR count). The predicted octanol–water partition coefficient (Wildman–Crippen LogP) is 1.59. The van der Waals surface area contributed by atoms with Crippen LogP contribution in [0.15, 0.2) is 10.6 Å². The summed E-state index contributed by atoms with van der Waals surface area (Å²) in [7, 11) is 2.04. The van der Waals surface area contributed by atoms with E-state index in [0.717, 1.165) is 31.1 Å². The summed E-state index contributed by atoms with van der Waals surface area (Å²) >= 11 is 0. The van der Waals surface area contributed by atoms with Crippen molar-refractivity contribution in [1.29, 1.82) is 0 Å². The second-order valence-corrected chi connectivity index (χ2v) is 4.27. The summed E-state index contributed by atoms with van der Waals surface area (Å²) in [4.78, 5) is 2.42. The Morgan fingerprint density at radius 2 is 2.19 bits per heavy atom. The molecular weight excluding hydrogens is 226 g/mol. The largest absolute Gasteiger partial charge is 0.360 e. The zero-order valence-electron chi connectivity index (χ0n) is 9.90. The maximum absolute atomic E-state index is 5.21. The van der Waals surface area contributed by atoms with Crippen LogP contribution in [0.5, 0.6) is 0 Å². The number of hydrogen-bond acceptors (Lipinski definition) is 4. The highest BCUT2D eigenvalue weighted by molar-refractivity contribution is 5.85. The quantitative estimate of drug-likeness (QED) is 0.878. The fourth-order valence-electron chi connectivity index (χ4n) is 2.09. The van der Waals surface area contributed by atoms with Gasteiger partial charge in [0.1, 0.15) is 0 Å². The number of halogens is 1. The van der Waals surface area contributed by atoms with Gasteiger partial charge in [-0.25, -0.2) is 0 Å². The molecular formula is C11H20ClN3O. The Hall–Kier alpha value is -0.580. The van der Waals surface area contributed by atoms with Crippen molar-refractivity contribution >= 4 is 12.4 Å². The molecule has 1 aromatic rings. The molecule has 0 radical (unpaired) electrons. The Bertz CT molecular complexity index is 308. The third kappa shape index (κ3) is 3.47. The molecule has 1 aliphatic rings. The molecule has 16 heavy (non-hydrogen) atoms. The van der Waals surface area contributed by atoms with Crippen LogP contribution in [-0.2, 0) is 6.54 Å². The van der Waals surface area contributed by atoms with Gasteiger partial charge in [0.2, 0.25) is 0 Å². The lowest BCUT2D eigenvalue weighted by Gasteiger charge is -2.30. The SMILES string of the molecule is CNC1CCN(Cc2cc(C)no2)CC1.Cl. The average Bonchev–Trinajstić information content (AvgIpc) is 2.65. The van der Waals surface area contributed by atoms with Crippen molar-refractivity contribution in [2.75, 3.05) is 20.1 Å². The van der Waals surface area contributed by atoms with Gasteiger partial charge in [-0.1, -0.05) is 5.16 Å². The third-order valence-corrected chi connectivity index (χ3v) is 3.05. The number of likely N-dealkylation sites (tertiary alicyclic amines) is 1. The maximum atomic E-state index is 5.21. The van der Waals surface area contributed by atoms with Gasteiger partial charge in [0.25, 0.3) is 0 Å². The van der Waals surface area contributed by atoms with E-state index in [4.69, 9.17) is 4.52 Å². The molecule has 1 N–H and O–H groups in total. The van der Waals surface area contributed by atoms with Gasteiger partial charge in [0, 0.05) is 25.2 Å². The van der Waals surface area contributed by atoms with Crippen molar-refractivity contribution in [3.8, 4) is 0 Å². The van der Waals surface area contributed by atoms with Gasteiger partial charge < -0.3 is 9.84 Å². The number of aromatic nitrogens is 1. The van der Waals surface area contributed by atoms with Crippen molar-refractivity contribution < 1.29 is 4.52 Å². The molecule has 0 aromatic carbocycles. The Morgan fingerprint density at radius 3 is 2.69 bits per heavy atom. The molecule has 2 heterocycles. The molecule has 92 valence electrons. The highest BCUT2D eigenvalue weighted by Gasteiger charge is 2.18. The van der Waals surface area contributed by atoms with Crippen molar-refractivity contribution in [2.24, 2.45) is 0 Å². The van der Waals surface area contributed by atoms with Crippen molar-refractivity contribution in [2.45, 2.75) is 32.4 Å². The first-order chi connectivity index (χ1) is 7.28. The van der Waals surface area contributed by atoms with E-state index in [1.165, 1.54) is 12.8 Å². The molecule has 1 aromatic heterocycles. The summed E-state index contributed by atoms with van der Waals surface area (Å²) in [5.74, 6) is 0.982. The van der Waals surface area contributed by atoms with Crippen LogP contribution in [0.1, 0.15) is 24.3 Å². The number of rotatable bonds is 3. The topological polar surface area (TPSA) is 41.3 Å². The number of aryl methyl sites for hydroxylation is 1. The molecule has 1 fully saturated rings. The van der Waals surface area contributed by atoms with E-state index in [2.05, 4.69) is 15.4 Å². The molecule has 0 aliphatic carbocycles. The number of hydrogen-bond donors (Lipinski definition) is 1. The van der Waals surface area contributed by atoms with Gasteiger partial charge in [-0.05, 0) is 26.8 Å². The van der Waals surface area contributed by atoms with Gasteiger partial charge in [0.05, 0.1) is 12.2 Å². The molecule has 0 amide bonds. The fraction of sp³-hybridized carbons (Fsp3) is 0.727. The lowest BCUT2D eigenvalue weighted by molar-refractivity contribution is 0.176. The second-order valence-electron chi connectivity index (χ2n) is 4.27. The zero-order valence-corrected chi connectivity index (χ0v) is 10.7. The van der Waals surface area contributed by atoms with E-state index in [1.807, 2.05) is 20.0 Å². The Labute approximate surface area is 103 Å². The van der Waals surface area contributed by atoms with Crippen LogP contribution in [0.3, 0.4) is 0 Å². The van der Waals surface area contributed by atoms with Crippen molar-refractivity contribution in [3.63, 3.8) is 0 Å². The van der Waals surface area contributed by atoms with Gasteiger partial charge in [0.15, 0.2) is 5.76 Å². The standard InChI is InChI=1S/C11H19N3O.ClH/c1-9-7-11(15-13-9)8-14-5-3-10(12-2)4-6-14;/h7,10,12H,3-6,8H2,1-2H3;1H. The summed E-state index contributed by atoms with van der Waals surface area (Å²) in [6.07, 6.45) is 2.45. The predicted molar refractivity (Wildman–Crippen MR) is 65.8 cm³/mol. The van der Waals surface area contributed by atoms with Crippen LogP contribution in [0.25, 0.3) is 0 Å². The minimum atomic E-state index is 0. The first-order valence-electron chi connectivity index (χ1n) is 5.60. The molecule has 5 heteroatoms. The summed E-state index contributed by atoms with van der Waals surface area (Å²) in [6.45, 7) is 5.15. The molecule has 1 saturated heterocycles. The lowest BCUT2D eigenvalue weighted by Crippen LogP contribution is -2.40. The molecule has 0 atom stereocenters. The zero-order chi connectivity index (χ0) is 10.7. The monoisotopic (exact) mass is 245 g/mol. The summed E-state index contributed by atoms with van der Waals surface area (Å²) < 4.78 is 5.21. The summed E-state index contributed by atoms with van der Waals surface area (Å²) in [6, 6.07) is 2.71. The number of nitrogens with zero attached hydrogens (tertiary/aromatic N) is 2. The maximum Gasteiger partial charge on any atom is 0.150 e. The van der Waals surface area contributed by atoms with Gasteiger partial charge in [-0.3, -0.25) is 4.90 Å². The minimum Gasteiger partial charge on any atom is -0.360 e. The average molecular weight is 246 g/mol. The van der Waals surface area contributed by atoms with E-state index in [-0.39, 0.29) is 12.4 Å². The van der Waals surface area contributed by atoms with Crippen LogP contribution >= 0.6 is 12.4 Å². The van der Waals surface area contributed by atoms with Gasteiger partial charge in [-0.2, -0.15) is 0 Å². The minimum absolute atomic E-state index is 0. The lowest BCUT2D eigenvalue weighted by atomic mass is 10.1. The van der Waals surface area contributed by atoms with Crippen molar-refractivity contribution in [1.82, 2.24) is 15.4 Å². The molecule has 4 nitrogen and oxygen atoms in total. The van der Waals surface area contributed by atoms with Crippen LogP contribution in [0, 0.1) is 6.92 Å². The fourth-order valence-corrected chi connectivity index (χ4v) is 2.09. The first-order valence-corrected chi connectivity index (χ1v) is 5.60. The Morgan fingerprint density at radius 1 is 1.50 bits per heavy atom. The smallest absolute Gasteiger partial charge is 0.150 e. The van der Waals surface area contributed by atoms with E-state index in [9.17, 15) is 0 Å². The van der Waals surface area contributed by atoms with Crippen LogP contribution in [0.2, 0.25) is 0 Å². The molecule has 0 unspecified atom stereocenters. The normalized spacial score (nSPS) is 18.4. The highest BCUT2D eigenvalue weighted by atomic mass is 35.5. The van der Waals surface area contributed by atoms with E-state index >= 15 is 0 Å². The third-order valence-electron chi connectivity index (χ3n) is 3.05. The van der Waals surface area contributed by atoms with Gasteiger partial charge >= 0.3 is 0 Å². The summed E-state index contributed by atoms with van der Waals surface area (Å²) in [5.41, 5.74) is 0.968. The Balaban J connectivity index is 0.00000128. The molecule has 0 saturated carbocycles. The second kappa shape index (κ2) is 6.23.